The Balaban J connectivity index is 2.91. The summed E-state index contributed by atoms with van der Waals surface area (Å²) < 4.78 is 26.1. The maximum absolute atomic E-state index is 13.2. The minimum absolute atomic E-state index is 0.0263. The molecular weight excluding hydrogens is 222 g/mol. The molecule has 1 rings (SSSR count). The number of hydrogen-bond acceptors (Lipinski definition) is 4. The van der Waals surface area contributed by atoms with E-state index in [1.54, 1.807) is 6.92 Å². The van der Waals surface area contributed by atoms with Gasteiger partial charge in [0.1, 0.15) is 5.82 Å². The summed E-state index contributed by atoms with van der Waals surface area (Å²) in [7, 11) is 0. The van der Waals surface area contributed by atoms with Crippen LogP contribution in [0.25, 0.3) is 0 Å². The first kappa shape index (κ1) is 12.5. The third-order valence-electron chi connectivity index (χ3n) is 1.82. The average Bonchev–Trinajstić information content (AvgIpc) is 2.21. The van der Waals surface area contributed by atoms with Crippen molar-refractivity contribution in [1.29, 1.82) is 0 Å². The molecule has 0 heterocycles. The molecule has 0 radical (unpaired) electrons. The molecule has 1 N–H and O–H groups in total. The van der Waals surface area contributed by atoms with E-state index in [4.69, 9.17) is 4.84 Å². The van der Waals surface area contributed by atoms with Crippen molar-refractivity contribution in [2.75, 3.05) is 6.61 Å². The normalized spacial score (nSPS) is 10.4. The van der Waals surface area contributed by atoms with Gasteiger partial charge in [-0.2, -0.15) is 9.87 Å². The van der Waals surface area contributed by atoms with Gasteiger partial charge in [0.2, 0.25) is 5.82 Å². The van der Waals surface area contributed by atoms with Crippen LogP contribution in [0, 0.1) is 21.7 Å². The second kappa shape index (κ2) is 5.47. The number of nitrogens with one attached hydrogen (secondary N) is 1. The highest BCUT2D eigenvalue weighted by Gasteiger charge is 2.18. The molecule has 0 aliphatic carbocycles. The topological polar surface area (TPSA) is 64.4 Å². The molecule has 0 fully saturated rings. The van der Waals surface area contributed by atoms with Crippen molar-refractivity contribution < 1.29 is 18.5 Å². The van der Waals surface area contributed by atoms with Crippen LogP contribution in [0.2, 0.25) is 0 Å². The van der Waals surface area contributed by atoms with E-state index in [1.807, 2.05) is 0 Å². The second-order valence-corrected chi connectivity index (χ2v) is 2.91. The summed E-state index contributed by atoms with van der Waals surface area (Å²) in [6.45, 7) is 2.02. The smallest absolute Gasteiger partial charge is 0.302 e. The molecular formula is C9H10F2N2O3. The molecule has 88 valence electrons. The first-order valence-corrected chi connectivity index (χ1v) is 4.53. The lowest BCUT2D eigenvalue weighted by molar-refractivity contribution is -0.387. The third kappa shape index (κ3) is 2.94. The Bertz CT molecular complexity index is 399. The van der Waals surface area contributed by atoms with Crippen molar-refractivity contribution in [3.8, 4) is 0 Å². The molecule has 0 saturated heterocycles. The highest BCUT2D eigenvalue weighted by Crippen LogP contribution is 2.21. The third-order valence-corrected chi connectivity index (χ3v) is 1.82. The Morgan fingerprint density at radius 1 is 1.44 bits per heavy atom. The minimum atomic E-state index is -1.19. The van der Waals surface area contributed by atoms with E-state index >= 15 is 0 Å². The lowest BCUT2D eigenvalue weighted by Crippen LogP contribution is -2.15. The van der Waals surface area contributed by atoms with E-state index < -0.39 is 22.2 Å². The zero-order valence-corrected chi connectivity index (χ0v) is 8.50. The molecule has 0 aromatic heterocycles. The van der Waals surface area contributed by atoms with Crippen molar-refractivity contribution in [3.63, 3.8) is 0 Å². The number of nitro groups is 1. The molecule has 16 heavy (non-hydrogen) atoms. The molecule has 0 amide bonds. The standard InChI is InChI=1S/C9H10F2N2O3/c1-2-16-12-5-6-3-9(13(14)15)8(11)4-7(6)10/h3-4,12H,2,5H2,1H3. The quantitative estimate of drug-likeness (QED) is 0.478. The van der Waals surface area contributed by atoms with Crippen LogP contribution in [0.4, 0.5) is 14.5 Å². The lowest BCUT2D eigenvalue weighted by atomic mass is 10.2. The monoisotopic (exact) mass is 232 g/mol. The predicted octanol–water partition coefficient (Wildman–Crippen LogP) is 1.91. The van der Waals surface area contributed by atoms with Gasteiger partial charge in [-0.25, -0.2) is 4.39 Å². The van der Waals surface area contributed by atoms with Gasteiger partial charge in [0.05, 0.1) is 11.5 Å². The van der Waals surface area contributed by atoms with Crippen LogP contribution < -0.4 is 5.48 Å². The largest absolute Gasteiger partial charge is 0.305 e. The summed E-state index contributed by atoms with van der Waals surface area (Å²) in [4.78, 5) is 14.2. The van der Waals surface area contributed by atoms with Crippen LogP contribution in [0.3, 0.4) is 0 Å². The van der Waals surface area contributed by atoms with Gasteiger partial charge in [-0.15, -0.1) is 0 Å². The van der Waals surface area contributed by atoms with Crippen molar-refractivity contribution in [1.82, 2.24) is 5.48 Å². The van der Waals surface area contributed by atoms with Crippen LogP contribution in [-0.2, 0) is 11.4 Å². The molecule has 5 nitrogen and oxygen atoms in total. The van der Waals surface area contributed by atoms with Gasteiger partial charge in [-0.3, -0.25) is 10.1 Å². The molecule has 0 unspecified atom stereocenters. The van der Waals surface area contributed by atoms with Gasteiger partial charge < -0.3 is 4.84 Å². The number of rotatable bonds is 5. The summed E-state index contributed by atoms with van der Waals surface area (Å²) in [6, 6.07) is 1.33. The molecule has 1 aromatic rings. The predicted molar refractivity (Wildman–Crippen MR) is 51.5 cm³/mol. The van der Waals surface area contributed by atoms with E-state index in [0.29, 0.717) is 12.7 Å². The molecule has 1 aromatic carbocycles. The van der Waals surface area contributed by atoms with Gasteiger partial charge in [-0.05, 0) is 6.92 Å². The number of hydroxylamine groups is 1. The number of nitrogens with zero attached hydrogens (tertiary/aromatic N) is 1. The van der Waals surface area contributed by atoms with Crippen molar-refractivity contribution in [3.05, 3.63) is 39.4 Å². The molecule has 0 atom stereocenters. The number of halogens is 2. The summed E-state index contributed by atoms with van der Waals surface area (Å²) >= 11 is 0. The van der Waals surface area contributed by atoms with Crippen LogP contribution in [0.5, 0.6) is 0 Å². The zero-order valence-electron chi connectivity index (χ0n) is 8.50. The van der Waals surface area contributed by atoms with Gasteiger partial charge in [0.15, 0.2) is 0 Å². The molecule has 7 heteroatoms. The Hall–Kier alpha value is -1.60. The first-order chi connectivity index (χ1) is 7.56. The highest BCUT2D eigenvalue weighted by molar-refractivity contribution is 5.37. The molecule has 0 aliphatic rings. The van der Waals surface area contributed by atoms with Crippen LogP contribution in [-0.4, -0.2) is 11.5 Å². The van der Waals surface area contributed by atoms with E-state index in [-0.39, 0.29) is 12.1 Å². The van der Waals surface area contributed by atoms with Gasteiger partial charge in [-0.1, -0.05) is 0 Å². The average molecular weight is 232 g/mol. The number of nitro benzene ring substituents is 1. The van der Waals surface area contributed by atoms with E-state index in [9.17, 15) is 18.9 Å². The Morgan fingerprint density at radius 3 is 2.69 bits per heavy atom. The van der Waals surface area contributed by atoms with E-state index in [2.05, 4.69) is 5.48 Å². The van der Waals surface area contributed by atoms with Crippen molar-refractivity contribution in [2.24, 2.45) is 0 Å². The SMILES string of the molecule is CCONCc1cc([N+](=O)[O-])c(F)cc1F. The summed E-state index contributed by atoms with van der Waals surface area (Å²) in [5.41, 5.74) is 1.61. The van der Waals surface area contributed by atoms with E-state index in [0.717, 1.165) is 6.07 Å². The minimum Gasteiger partial charge on any atom is -0.302 e. The number of hydrogen-bond donors (Lipinski definition) is 1. The summed E-state index contributed by atoms with van der Waals surface area (Å²) in [6.07, 6.45) is 0. The Kier molecular flexibility index (Phi) is 4.27. The molecule has 0 spiro atoms. The van der Waals surface area contributed by atoms with Crippen LogP contribution >= 0.6 is 0 Å². The maximum Gasteiger partial charge on any atom is 0.305 e. The maximum atomic E-state index is 13.2. The fraction of sp³-hybridized carbons (Fsp3) is 0.333. The Labute approximate surface area is 90.1 Å². The van der Waals surface area contributed by atoms with Crippen LogP contribution in [0.1, 0.15) is 12.5 Å². The zero-order chi connectivity index (χ0) is 12.1. The lowest BCUT2D eigenvalue weighted by Gasteiger charge is -2.05. The number of benzene rings is 1. The summed E-state index contributed by atoms with van der Waals surface area (Å²) in [5, 5.41) is 10.4. The van der Waals surface area contributed by atoms with Crippen molar-refractivity contribution in [2.45, 2.75) is 13.5 Å². The molecule has 0 bridgehead atoms. The van der Waals surface area contributed by atoms with E-state index in [1.165, 1.54) is 0 Å². The molecule has 0 aliphatic heterocycles. The fourth-order valence-electron chi connectivity index (χ4n) is 1.09. The van der Waals surface area contributed by atoms with Gasteiger partial charge in [0, 0.05) is 24.2 Å². The van der Waals surface area contributed by atoms with Crippen LogP contribution in [0.15, 0.2) is 12.1 Å². The Morgan fingerprint density at radius 2 is 2.12 bits per heavy atom. The second-order valence-electron chi connectivity index (χ2n) is 2.91. The summed E-state index contributed by atoms with van der Waals surface area (Å²) in [5.74, 6) is -2.04. The fourth-order valence-corrected chi connectivity index (χ4v) is 1.09. The van der Waals surface area contributed by atoms with Gasteiger partial charge >= 0.3 is 5.69 Å². The first-order valence-electron chi connectivity index (χ1n) is 4.53. The molecule has 0 saturated carbocycles. The van der Waals surface area contributed by atoms with Crippen molar-refractivity contribution >= 4 is 5.69 Å². The van der Waals surface area contributed by atoms with Gasteiger partial charge in [0.25, 0.3) is 0 Å². The highest BCUT2D eigenvalue weighted by atomic mass is 19.1.